The lowest BCUT2D eigenvalue weighted by Crippen LogP contribution is -2.67. The molecule has 5 rings (SSSR count). The number of fused-ring (bicyclic) bond motifs is 1. The van der Waals surface area contributed by atoms with Gasteiger partial charge in [-0.15, -0.1) is 28.2 Å². The van der Waals surface area contributed by atoms with Crippen molar-refractivity contribution in [2.24, 2.45) is 0 Å². The molecule has 186 valence electrons. The maximum atomic E-state index is 13.2. The van der Waals surface area contributed by atoms with Crippen molar-refractivity contribution in [2.75, 3.05) is 0 Å². The second-order valence-electron chi connectivity index (χ2n) is 7.82. The first-order chi connectivity index (χ1) is 17.2. The maximum absolute atomic E-state index is 13.2. The van der Waals surface area contributed by atoms with Crippen LogP contribution in [0, 0.1) is 0 Å². The summed E-state index contributed by atoms with van der Waals surface area (Å²) in [5, 5.41) is 24.2. The van der Waals surface area contributed by atoms with E-state index < -0.39 is 21.5 Å². The van der Waals surface area contributed by atoms with E-state index in [0.717, 1.165) is 16.0 Å². The number of thioether (sulfide) groups is 3. The smallest absolute Gasteiger partial charge is 0.353 e. The van der Waals surface area contributed by atoms with E-state index in [1.165, 1.54) is 51.4 Å². The molecule has 1 aromatic carbocycles. The number of benzene rings is 1. The van der Waals surface area contributed by atoms with Crippen LogP contribution in [0.15, 0.2) is 62.4 Å². The summed E-state index contributed by atoms with van der Waals surface area (Å²) in [5.41, 5.74) is 0.477. The number of halogens is 1. The van der Waals surface area contributed by atoms with Crippen LogP contribution in [0.4, 0.5) is 0 Å². The molecule has 2 amide bonds. The van der Waals surface area contributed by atoms with Crippen LogP contribution in [0.25, 0.3) is 5.69 Å². The molecule has 3 atom stereocenters. The van der Waals surface area contributed by atoms with E-state index in [0.29, 0.717) is 10.0 Å². The normalized spacial score (nSPS) is 23.3. The molecule has 36 heavy (non-hydrogen) atoms. The highest BCUT2D eigenvalue weighted by molar-refractivity contribution is 8.08. The third-order valence-electron chi connectivity index (χ3n) is 5.28. The van der Waals surface area contributed by atoms with Gasteiger partial charge in [-0.05, 0) is 53.4 Å². The number of hydrogen-bond acceptors (Lipinski definition) is 10. The van der Waals surface area contributed by atoms with Crippen LogP contribution in [-0.4, -0.2) is 63.5 Å². The van der Waals surface area contributed by atoms with Gasteiger partial charge >= 0.3 is 5.97 Å². The van der Waals surface area contributed by atoms with Crippen molar-refractivity contribution in [1.82, 2.24) is 30.4 Å². The molecule has 3 aromatic rings. The number of aromatic nitrogens is 4. The predicted octanol–water partition coefficient (Wildman–Crippen LogP) is 3.69. The fraction of sp³-hybridized carbons (Fsp3) is 0.238. The van der Waals surface area contributed by atoms with Gasteiger partial charge in [-0.3, -0.25) is 14.5 Å². The van der Waals surface area contributed by atoms with Crippen LogP contribution < -0.4 is 5.32 Å². The summed E-state index contributed by atoms with van der Waals surface area (Å²) in [6.45, 7) is 3.09. The van der Waals surface area contributed by atoms with Crippen LogP contribution in [0.3, 0.4) is 0 Å². The number of carbonyl (C=O) groups is 3. The van der Waals surface area contributed by atoms with Gasteiger partial charge in [0.15, 0.2) is 0 Å². The summed E-state index contributed by atoms with van der Waals surface area (Å²) in [6, 6.07) is 12.7. The van der Waals surface area contributed by atoms with E-state index in [1.54, 1.807) is 13.0 Å². The number of amides is 2. The number of hydrogen-bond donors (Lipinski definition) is 2. The van der Waals surface area contributed by atoms with Crippen molar-refractivity contribution in [3.8, 4) is 5.69 Å². The molecular formula is C21H17ClN6O4S4. The lowest BCUT2D eigenvalue weighted by molar-refractivity contribution is -0.145. The zero-order chi connectivity index (χ0) is 25.6. The number of carbonyl (C=O) groups excluding carboxylic acids is 2. The second kappa shape index (κ2) is 9.74. The first kappa shape index (κ1) is 25.1. The van der Waals surface area contributed by atoms with Gasteiger partial charge in [-0.25, -0.2) is 4.79 Å². The minimum absolute atomic E-state index is 0.200. The Morgan fingerprint density at radius 2 is 1.97 bits per heavy atom. The first-order valence-corrected chi connectivity index (χ1v) is 14.2. The fourth-order valence-corrected chi connectivity index (χ4v) is 9.45. The number of carboxylic acids is 1. The number of thiophene rings is 1. The Bertz CT molecular complexity index is 1400. The lowest BCUT2D eigenvalue weighted by atomic mass is 10.1. The van der Waals surface area contributed by atoms with Crippen LogP contribution in [-0.2, 0) is 14.4 Å². The van der Waals surface area contributed by atoms with Crippen molar-refractivity contribution < 1.29 is 19.5 Å². The molecular weight excluding hydrogens is 564 g/mol. The predicted molar refractivity (Wildman–Crippen MR) is 139 cm³/mol. The number of carboxylic acid groups (broad SMARTS) is 1. The van der Waals surface area contributed by atoms with Gasteiger partial charge in [0.2, 0.25) is 17.0 Å². The summed E-state index contributed by atoms with van der Waals surface area (Å²) < 4.78 is 2.92. The second-order valence-corrected chi connectivity index (χ2v) is 13.5. The highest BCUT2D eigenvalue weighted by atomic mass is 35.5. The fourth-order valence-electron chi connectivity index (χ4n) is 3.85. The highest BCUT2D eigenvalue weighted by Gasteiger charge is 2.59. The van der Waals surface area contributed by atoms with Crippen LogP contribution >= 0.6 is 58.2 Å². The standard InChI is InChI=1S/C21H17ClN6O4S4/c1-10(29)23-21(2)16(35-20-24-25-26-28(20)11-6-4-3-5-7-11)14(19(31)32)27-17(30)15(18(27)36-21)34-13-9-8-12(22)33-13/h3-9,15,18H,1-2H3,(H,23,29)(H,31,32)/t15?,18-,21?/m1/s1. The average Bonchev–Trinajstić information content (AvgIpc) is 3.47. The van der Waals surface area contributed by atoms with Crippen LogP contribution in [0.5, 0.6) is 0 Å². The Morgan fingerprint density at radius 1 is 1.22 bits per heavy atom. The number of rotatable bonds is 7. The maximum Gasteiger partial charge on any atom is 0.353 e. The number of nitrogens with zero attached hydrogens (tertiary/aromatic N) is 5. The summed E-state index contributed by atoms with van der Waals surface area (Å²) in [5.74, 6) is -1.96. The molecule has 0 aliphatic carbocycles. The molecule has 2 aromatic heterocycles. The zero-order valence-corrected chi connectivity index (χ0v) is 22.6. The molecule has 0 saturated carbocycles. The van der Waals surface area contributed by atoms with E-state index in [9.17, 15) is 19.5 Å². The Kier molecular flexibility index (Phi) is 6.80. The monoisotopic (exact) mass is 580 g/mol. The zero-order valence-electron chi connectivity index (χ0n) is 18.6. The van der Waals surface area contributed by atoms with E-state index in [4.69, 9.17) is 11.6 Å². The SMILES string of the molecule is CC(=O)NC1(C)S[C@@H]2C(Sc3ccc(Cl)s3)C(=O)N2C(C(=O)O)=C1Sc1nnnn1-c1ccccc1. The number of β-lactam (4-membered cyclic amide) rings is 1. The van der Waals surface area contributed by atoms with Crippen molar-refractivity contribution in [2.45, 2.75) is 38.7 Å². The van der Waals surface area contributed by atoms with E-state index >= 15 is 0 Å². The Balaban J connectivity index is 1.56. The molecule has 2 N–H and O–H groups in total. The van der Waals surface area contributed by atoms with Crippen molar-refractivity contribution in [1.29, 1.82) is 0 Å². The van der Waals surface area contributed by atoms with Crippen LogP contribution in [0.2, 0.25) is 4.34 Å². The molecule has 2 aliphatic rings. The molecule has 4 heterocycles. The van der Waals surface area contributed by atoms with Gasteiger partial charge in [-0.2, -0.15) is 4.68 Å². The number of para-hydroxylation sites is 1. The summed E-state index contributed by atoms with van der Waals surface area (Å²) in [6.07, 6.45) is 0. The summed E-state index contributed by atoms with van der Waals surface area (Å²) in [4.78, 5) is 38.4. The molecule has 1 saturated heterocycles. The molecule has 0 bridgehead atoms. The number of nitrogens with one attached hydrogen (secondary N) is 1. The van der Waals surface area contributed by atoms with Crippen molar-refractivity contribution >= 4 is 76.0 Å². The molecule has 1 fully saturated rings. The molecule has 15 heteroatoms. The minimum Gasteiger partial charge on any atom is -0.477 e. The van der Waals surface area contributed by atoms with Gasteiger partial charge in [0, 0.05) is 6.92 Å². The molecule has 0 spiro atoms. The highest BCUT2D eigenvalue weighted by Crippen LogP contribution is 2.56. The van der Waals surface area contributed by atoms with Crippen molar-refractivity contribution in [3.63, 3.8) is 0 Å². The molecule has 2 aliphatic heterocycles. The molecule has 2 unspecified atom stereocenters. The third kappa shape index (κ3) is 4.52. The summed E-state index contributed by atoms with van der Waals surface area (Å²) >= 11 is 11.0. The Hall–Kier alpha value is -2.52. The summed E-state index contributed by atoms with van der Waals surface area (Å²) in [7, 11) is 0. The topological polar surface area (TPSA) is 130 Å². The minimum atomic E-state index is -1.28. The van der Waals surface area contributed by atoms with Gasteiger partial charge < -0.3 is 10.4 Å². The molecule has 0 radical (unpaired) electrons. The largest absolute Gasteiger partial charge is 0.477 e. The van der Waals surface area contributed by atoms with Gasteiger partial charge in [0.25, 0.3) is 0 Å². The lowest BCUT2D eigenvalue weighted by Gasteiger charge is -2.53. The van der Waals surface area contributed by atoms with E-state index in [1.807, 2.05) is 36.4 Å². The Morgan fingerprint density at radius 3 is 2.61 bits per heavy atom. The quantitative estimate of drug-likeness (QED) is 0.399. The first-order valence-electron chi connectivity index (χ1n) is 10.4. The van der Waals surface area contributed by atoms with Gasteiger partial charge in [-0.1, -0.05) is 41.6 Å². The average molecular weight is 581 g/mol. The number of aliphatic carboxylic acids is 1. The third-order valence-corrected chi connectivity index (χ3v) is 11.0. The van der Waals surface area contributed by atoms with Crippen LogP contribution in [0.1, 0.15) is 13.8 Å². The Labute approximate surface area is 226 Å². The molecule has 10 nitrogen and oxygen atoms in total. The van der Waals surface area contributed by atoms with E-state index in [-0.39, 0.29) is 27.6 Å². The van der Waals surface area contributed by atoms with Gasteiger partial charge in [0.1, 0.15) is 21.2 Å². The van der Waals surface area contributed by atoms with Gasteiger partial charge in [0.05, 0.1) is 19.1 Å². The van der Waals surface area contributed by atoms with Crippen molar-refractivity contribution in [3.05, 3.63) is 57.4 Å². The number of tetrazole rings is 1. The van der Waals surface area contributed by atoms with E-state index in [2.05, 4.69) is 20.8 Å².